The molecule has 2 unspecified atom stereocenters. The highest BCUT2D eigenvalue weighted by atomic mass is 32.2. The van der Waals surface area contributed by atoms with Crippen LogP contribution in [-0.2, 0) is 9.59 Å². The van der Waals surface area contributed by atoms with Crippen LogP contribution in [0.1, 0.15) is 0 Å². The predicted molar refractivity (Wildman–Crippen MR) is 60.4 cm³/mol. The highest BCUT2D eigenvalue weighted by Gasteiger charge is 2.39. The summed E-state index contributed by atoms with van der Waals surface area (Å²) in [4.78, 5) is 35.1. The first kappa shape index (κ1) is 11.6. The fraction of sp³-hybridized carbons (Fsp3) is 0.625. The normalized spacial score (nSPS) is 29.2. The van der Waals surface area contributed by atoms with E-state index in [1.54, 1.807) is 0 Å². The van der Waals surface area contributed by atoms with Crippen LogP contribution < -0.4 is 5.32 Å². The summed E-state index contributed by atoms with van der Waals surface area (Å²) >= 11 is 2.46. The van der Waals surface area contributed by atoms with E-state index < -0.39 is 18.1 Å². The minimum absolute atomic E-state index is 0.225. The Kier molecular flexibility index (Phi) is 3.29. The van der Waals surface area contributed by atoms with E-state index in [9.17, 15) is 14.4 Å². The quantitative estimate of drug-likeness (QED) is 0.716. The van der Waals surface area contributed by atoms with Crippen molar-refractivity contribution in [3.8, 4) is 0 Å². The molecule has 0 spiro atoms. The number of hydrogen-bond donors (Lipinski definition) is 2. The molecule has 2 aliphatic rings. The maximum absolute atomic E-state index is 11.9. The number of carbonyl (C=O) groups is 3. The van der Waals surface area contributed by atoms with Crippen molar-refractivity contribution in [2.24, 2.45) is 0 Å². The number of rotatable bonds is 2. The van der Waals surface area contributed by atoms with Gasteiger partial charge in [-0.3, -0.25) is 9.59 Å². The highest BCUT2D eigenvalue weighted by molar-refractivity contribution is 8.14. The molecule has 0 aromatic rings. The summed E-state index contributed by atoms with van der Waals surface area (Å²) in [6.07, 6.45) is 0. The second-order valence-electron chi connectivity index (χ2n) is 3.46. The van der Waals surface area contributed by atoms with E-state index in [1.165, 1.54) is 16.7 Å². The topological polar surface area (TPSA) is 86.7 Å². The van der Waals surface area contributed by atoms with Gasteiger partial charge in [0.25, 0.3) is 5.24 Å². The van der Waals surface area contributed by atoms with Crippen LogP contribution in [0.15, 0.2) is 0 Å². The SMILES string of the molecule is O=C1NC(C(=O)N2CSCC2C(=O)O)CS1. The average molecular weight is 262 g/mol. The van der Waals surface area contributed by atoms with Crippen molar-refractivity contribution in [1.82, 2.24) is 10.2 Å². The van der Waals surface area contributed by atoms with Crippen molar-refractivity contribution in [2.75, 3.05) is 17.4 Å². The van der Waals surface area contributed by atoms with Gasteiger partial charge in [-0.1, -0.05) is 11.8 Å². The molecule has 0 radical (unpaired) electrons. The summed E-state index contributed by atoms with van der Waals surface area (Å²) in [6.45, 7) is 0. The third kappa shape index (κ3) is 2.12. The summed E-state index contributed by atoms with van der Waals surface area (Å²) in [6, 6.07) is -1.34. The molecule has 2 rings (SSSR count). The molecule has 88 valence electrons. The van der Waals surface area contributed by atoms with Gasteiger partial charge in [0.15, 0.2) is 0 Å². The molecule has 16 heavy (non-hydrogen) atoms. The van der Waals surface area contributed by atoms with Gasteiger partial charge < -0.3 is 15.3 Å². The van der Waals surface area contributed by atoms with Gasteiger partial charge >= 0.3 is 5.97 Å². The van der Waals surface area contributed by atoms with Gasteiger partial charge in [0.05, 0.1) is 5.88 Å². The highest BCUT2D eigenvalue weighted by Crippen LogP contribution is 2.24. The predicted octanol–water partition coefficient (Wildman–Crippen LogP) is -0.203. The first-order valence-electron chi connectivity index (χ1n) is 4.64. The van der Waals surface area contributed by atoms with E-state index in [1.807, 2.05) is 0 Å². The zero-order valence-corrected chi connectivity index (χ0v) is 9.84. The van der Waals surface area contributed by atoms with Gasteiger partial charge in [0.2, 0.25) is 5.91 Å². The molecule has 0 aliphatic carbocycles. The van der Waals surface area contributed by atoms with Crippen LogP contribution in [0.2, 0.25) is 0 Å². The molecular weight excluding hydrogens is 252 g/mol. The second-order valence-corrected chi connectivity index (χ2v) is 5.45. The maximum Gasteiger partial charge on any atom is 0.327 e. The molecule has 2 atom stereocenters. The number of aliphatic carboxylic acids is 1. The first-order valence-corrected chi connectivity index (χ1v) is 6.78. The molecule has 2 N–H and O–H groups in total. The van der Waals surface area contributed by atoms with Crippen molar-refractivity contribution in [2.45, 2.75) is 12.1 Å². The van der Waals surface area contributed by atoms with Gasteiger partial charge in [-0.15, -0.1) is 11.8 Å². The van der Waals surface area contributed by atoms with E-state index >= 15 is 0 Å². The number of carboxylic acid groups (broad SMARTS) is 1. The van der Waals surface area contributed by atoms with Gasteiger partial charge in [-0.05, 0) is 0 Å². The Balaban J connectivity index is 2.03. The lowest BCUT2D eigenvalue weighted by Gasteiger charge is -2.23. The van der Waals surface area contributed by atoms with Gasteiger partial charge in [0.1, 0.15) is 12.1 Å². The number of carboxylic acids is 1. The Bertz CT molecular complexity index is 349. The Morgan fingerprint density at radius 1 is 1.44 bits per heavy atom. The molecule has 0 aromatic heterocycles. The average Bonchev–Trinajstić information content (AvgIpc) is 2.84. The standard InChI is InChI=1S/C8H10N2O4S2/c11-6(4-1-16-8(14)9-4)10-3-15-2-5(10)7(12)13/h4-5H,1-3H2,(H,9,14)(H,12,13). The zero-order chi connectivity index (χ0) is 11.7. The van der Waals surface area contributed by atoms with Crippen LogP contribution >= 0.6 is 23.5 Å². The summed E-state index contributed by atoms with van der Waals surface area (Å²) < 4.78 is 0. The third-order valence-electron chi connectivity index (χ3n) is 2.42. The van der Waals surface area contributed by atoms with E-state index in [4.69, 9.17) is 5.11 Å². The van der Waals surface area contributed by atoms with Crippen LogP contribution in [0, 0.1) is 0 Å². The molecule has 0 aromatic carbocycles. The Morgan fingerprint density at radius 2 is 2.19 bits per heavy atom. The van der Waals surface area contributed by atoms with Crippen LogP contribution in [0.5, 0.6) is 0 Å². The monoisotopic (exact) mass is 262 g/mol. The lowest BCUT2D eigenvalue weighted by Crippen LogP contribution is -2.50. The Labute approximate surface area is 100 Å². The summed E-state index contributed by atoms with van der Waals surface area (Å²) in [7, 11) is 0. The van der Waals surface area contributed by atoms with Crippen molar-refractivity contribution in [3.05, 3.63) is 0 Å². The largest absolute Gasteiger partial charge is 0.480 e. The number of nitrogens with one attached hydrogen (secondary N) is 1. The number of thioether (sulfide) groups is 2. The molecule has 0 bridgehead atoms. The fourth-order valence-electron chi connectivity index (χ4n) is 1.58. The first-order chi connectivity index (χ1) is 7.59. The van der Waals surface area contributed by atoms with Crippen LogP contribution in [0.3, 0.4) is 0 Å². The van der Waals surface area contributed by atoms with Crippen molar-refractivity contribution in [1.29, 1.82) is 0 Å². The minimum Gasteiger partial charge on any atom is -0.480 e. The number of hydrogen-bond acceptors (Lipinski definition) is 5. The molecule has 2 amide bonds. The zero-order valence-electron chi connectivity index (χ0n) is 8.21. The summed E-state index contributed by atoms with van der Waals surface area (Å²) in [5.74, 6) is -0.113. The Hall–Kier alpha value is -0.890. The summed E-state index contributed by atoms with van der Waals surface area (Å²) in [5, 5.41) is 11.2. The molecule has 8 heteroatoms. The lowest BCUT2D eigenvalue weighted by atomic mass is 10.2. The van der Waals surface area contributed by atoms with Crippen molar-refractivity contribution < 1.29 is 19.5 Å². The van der Waals surface area contributed by atoms with E-state index in [2.05, 4.69) is 5.32 Å². The smallest absolute Gasteiger partial charge is 0.327 e. The van der Waals surface area contributed by atoms with Gasteiger partial charge in [0, 0.05) is 11.5 Å². The number of nitrogens with zero attached hydrogens (tertiary/aromatic N) is 1. The number of amides is 2. The van der Waals surface area contributed by atoms with Crippen molar-refractivity contribution >= 4 is 40.6 Å². The van der Waals surface area contributed by atoms with E-state index in [-0.39, 0.29) is 11.1 Å². The van der Waals surface area contributed by atoms with Gasteiger partial charge in [-0.25, -0.2) is 4.79 Å². The Morgan fingerprint density at radius 3 is 2.75 bits per heavy atom. The summed E-state index contributed by atoms with van der Waals surface area (Å²) in [5.41, 5.74) is 0. The van der Waals surface area contributed by atoms with Crippen LogP contribution in [-0.4, -0.2) is 56.6 Å². The molecule has 2 fully saturated rings. The second kappa shape index (κ2) is 4.54. The number of carbonyl (C=O) groups excluding carboxylic acids is 2. The fourth-order valence-corrected chi connectivity index (χ4v) is 3.51. The molecule has 6 nitrogen and oxygen atoms in total. The van der Waals surface area contributed by atoms with Gasteiger partial charge in [-0.2, -0.15) is 0 Å². The van der Waals surface area contributed by atoms with Crippen LogP contribution in [0.4, 0.5) is 4.79 Å². The molecule has 2 heterocycles. The van der Waals surface area contributed by atoms with E-state index in [0.717, 1.165) is 11.8 Å². The molecule has 2 aliphatic heterocycles. The molecule has 0 saturated carbocycles. The molecule has 2 saturated heterocycles. The van der Waals surface area contributed by atoms with Crippen LogP contribution in [0.25, 0.3) is 0 Å². The lowest BCUT2D eigenvalue weighted by molar-refractivity contribution is -0.148. The maximum atomic E-state index is 11.9. The minimum atomic E-state index is -0.990. The van der Waals surface area contributed by atoms with Crippen molar-refractivity contribution in [3.63, 3.8) is 0 Å². The molecular formula is C8H10N2O4S2. The third-order valence-corrected chi connectivity index (χ3v) is 4.31. The van der Waals surface area contributed by atoms with E-state index in [0.29, 0.717) is 17.4 Å².